The van der Waals surface area contributed by atoms with Gasteiger partial charge in [0.2, 0.25) is 5.95 Å². The van der Waals surface area contributed by atoms with Crippen molar-refractivity contribution in [2.24, 2.45) is 0 Å². The van der Waals surface area contributed by atoms with Crippen molar-refractivity contribution in [1.82, 2.24) is 9.97 Å². The molecule has 0 bridgehead atoms. The van der Waals surface area contributed by atoms with Gasteiger partial charge in [-0.3, -0.25) is 4.79 Å². The molecule has 3 rings (SSSR count). The van der Waals surface area contributed by atoms with Crippen LogP contribution in [0.15, 0.2) is 54.7 Å². The lowest BCUT2D eigenvalue weighted by molar-refractivity contribution is 0.102. The van der Waals surface area contributed by atoms with Crippen LogP contribution in [0.3, 0.4) is 0 Å². The number of anilines is 3. The van der Waals surface area contributed by atoms with E-state index in [1.54, 1.807) is 36.4 Å². The average Bonchev–Trinajstić information content (AvgIpc) is 2.64. The quantitative estimate of drug-likeness (QED) is 0.699. The first-order valence-corrected chi connectivity index (χ1v) is 7.94. The highest BCUT2D eigenvalue weighted by molar-refractivity contribution is 6.31. The van der Waals surface area contributed by atoms with Gasteiger partial charge in [-0.15, -0.1) is 0 Å². The third kappa shape index (κ3) is 4.07. The van der Waals surface area contributed by atoms with Crippen molar-refractivity contribution in [1.29, 1.82) is 0 Å². The zero-order valence-corrected chi connectivity index (χ0v) is 14.4. The summed E-state index contributed by atoms with van der Waals surface area (Å²) in [5.41, 5.74) is 0.717. The van der Waals surface area contributed by atoms with Gasteiger partial charge in [0, 0.05) is 11.2 Å². The normalized spacial score (nSPS) is 10.3. The molecule has 8 heteroatoms. The smallest absolute Gasteiger partial charge is 0.274 e. The summed E-state index contributed by atoms with van der Waals surface area (Å²) >= 11 is 5.96. The number of methoxy groups -OCH3 is 1. The number of halogens is 2. The van der Waals surface area contributed by atoms with E-state index in [0.29, 0.717) is 16.5 Å². The van der Waals surface area contributed by atoms with Gasteiger partial charge in [-0.2, -0.15) is 0 Å². The Hall–Kier alpha value is -3.19. The number of nitrogens with one attached hydrogen (secondary N) is 2. The van der Waals surface area contributed by atoms with E-state index in [4.69, 9.17) is 16.3 Å². The molecule has 0 spiro atoms. The predicted octanol–water partition coefficient (Wildman–Crippen LogP) is 4.27. The number of carbonyl (C=O) groups excluding carboxylic acids is 1. The highest BCUT2D eigenvalue weighted by atomic mass is 35.5. The van der Waals surface area contributed by atoms with Crippen molar-refractivity contribution >= 4 is 34.8 Å². The van der Waals surface area contributed by atoms with Crippen LogP contribution in [-0.2, 0) is 0 Å². The SMILES string of the molecule is COc1ccc(Cl)cc1NC(=O)c1ccnc(Nc2ccccc2F)n1. The molecule has 3 aromatic rings. The van der Waals surface area contributed by atoms with E-state index >= 15 is 0 Å². The van der Waals surface area contributed by atoms with Gasteiger partial charge >= 0.3 is 0 Å². The van der Waals surface area contributed by atoms with Crippen LogP contribution in [0.5, 0.6) is 5.75 Å². The summed E-state index contributed by atoms with van der Waals surface area (Å²) in [7, 11) is 1.49. The molecule has 0 atom stereocenters. The third-order valence-electron chi connectivity index (χ3n) is 3.42. The number of hydrogen-bond donors (Lipinski definition) is 2. The van der Waals surface area contributed by atoms with Gasteiger partial charge in [0.1, 0.15) is 17.3 Å². The van der Waals surface area contributed by atoms with E-state index in [1.807, 2.05) is 0 Å². The molecule has 0 aliphatic rings. The molecular formula is C18H14ClFN4O2. The lowest BCUT2D eigenvalue weighted by atomic mass is 10.2. The minimum Gasteiger partial charge on any atom is -0.495 e. The summed E-state index contributed by atoms with van der Waals surface area (Å²) in [6.45, 7) is 0. The Morgan fingerprint density at radius 1 is 1.15 bits per heavy atom. The Kier molecular flexibility index (Phi) is 5.28. The number of para-hydroxylation sites is 1. The molecule has 0 unspecified atom stereocenters. The van der Waals surface area contributed by atoms with Gasteiger partial charge in [-0.1, -0.05) is 23.7 Å². The molecule has 0 aliphatic heterocycles. The second-order valence-electron chi connectivity index (χ2n) is 5.17. The van der Waals surface area contributed by atoms with E-state index in [1.165, 1.54) is 25.4 Å². The first-order chi connectivity index (χ1) is 12.6. The molecule has 2 N–H and O–H groups in total. The van der Waals surface area contributed by atoms with E-state index in [2.05, 4.69) is 20.6 Å². The Balaban J connectivity index is 1.81. The topological polar surface area (TPSA) is 76.1 Å². The summed E-state index contributed by atoms with van der Waals surface area (Å²) in [6, 6.07) is 12.4. The predicted molar refractivity (Wildman–Crippen MR) is 97.7 cm³/mol. The van der Waals surface area contributed by atoms with Gasteiger partial charge in [-0.05, 0) is 36.4 Å². The first kappa shape index (κ1) is 17.6. The van der Waals surface area contributed by atoms with Crippen LogP contribution in [0.25, 0.3) is 0 Å². The maximum Gasteiger partial charge on any atom is 0.274 e. The van der Waals surface area contributed by atoms with Crippen LogP contribution in [-0.4, -0.2) is 23.0 Å². The molecule has 0 aliphatic carbocycles. The molecule has 0 saturated carbocycles. The fraction of sp³-hybridized carbons (Fsp3) is 0.0556. The van der Waals surface area contributed by atoms with Crippen molar-refractivity contribution < 1.29 is 13.9 Å². The fourth-order valence-electron chi connectivity index (χ4n) is 2.19. The zero-order chi connectivity index (χ0) is 18.5. The fourth-order valence-corrected chi connectivity index (χ4v) is 2.36. The Morgan fingerprint density at radius 2 is 1.96 bits per heavy atom. The van der Waals surface area contributed by atoms with E-state index < -0.39 is 11.7 Å². The molecule has 0 radical (unpaired) electrons. The number of aromatic nitrogens is 2. The van der Waals surface area contributed by atoms with E-state index in [-0.39, 0.29) is 17.3 Å². The lowest BCUT2D eigenvalue weighted by Crippen LogP contribution is -2.15. The van der Waals surface area contributed by atoms with Crippen molar-refractivity contribution in [3.8, 4) is 5.75 Å². The van der Waals surface area contributed by atoms with Gasteiger partial charge in [0.15, 0.2) is 0 Å². The Labute approximate surface area is 154 Å². The summed E-state index contributed by atoms with van der Waals surface area (Å²) < 4.78 is 18.9. The maximum atomic E-state index is 13.7. The van der Waals surface area contributed by atoms with E-state index in [9.17, 15) is 9.18 Å². The molecule has 0 saturated heterocycles. The van der Waals surface area contributed by atoms with Crippen LogP contribution in [0.1, 0.15) is 10.5 Å². The standard InChI is InChI=1S/C18H14ClFN4O2/c1-26-16-7-6-11(19)10-15(16)22-17(25)14-8-9-21-18(24-14)23-13-5-3-2-4-12(13)20/h2-10H,1H3,(H,22,25)(H,21,23,24). The largest absolute Gasteiger partial charge is 0.495 e. The number of rotatable bonds is 5. The first-order valence-electron chi connectivity index (χ1n) is 7.56. The molecule has 132 valence electrons. The Bertz CT molecular complexity index is 952. The second-order valence-corrected chi connectivity index (χ2v) is 5.61. The second kappa shape index (κ2) is 7.79. The Morgan fingerprint density at radius 3 is 2.73 bits per heavy atom. The summed E-state index contributed by atoms with van der Waals surface area (Å²) in [5, 5.41) is 5.87. The van der Waals surface area contributed by atoms with Crippen LogP contribution < -0.4 is 15.4 Å². The number of ether oxygens (including phenoxy) is 1. The van der Waals surface area contributed by atoms with Gasteiger partial charge < -0.3 is 15.4 Å². The molecule has 6 nitrogen and oxygen atoms in total. The van der Waals surface area contributed by atoms with Crippen LogP contribution in [0, 0.1) is 5.82 Å². The summed E-state index contributed by atoms with van der Waals surface area (Å²) in [6.07, 6.45) is 1.40. The van der Waals surface area contributed by atoms with Crippen LogP contribution in [0.4, 0.5) is 21.7 Å². The van der Waals surface area contributed by atoms with Crippen molar-refractivity contribution in [2.45, 2.75) is 0 Å². The van der Waals surface area contributed by atoms with Gasteiger partial charge in [0.25, 0.3) is 5.91 Å². The lowest BCUT2D eigenvalue weighted by Gasteiger charge is -2.11. The number of benzene rings is 2. The van der Waals surface area contributed by atoms with Crippen molar-refractivity contribution in [2.75, 3.05) is 17.7 Å². The van der Waals surface area contributed by atoms with Gasteiger partial charge in [-0.25, -0.2) is 14.4 Å². The van der Waals surface area contributed by atoms with Crippen LogP contribution in [0.2, 0.25) is 5.02 Å². The number of hydrogen-bond acceptors (Lipinski definition) is 5. The highest BCUT2D eigenvalue weighted by Crippen LogP contribution is 2.28. The van der Waals surface area contributed by atoms with Gasteiger partial charge in [0.05, 0.1) is 18.5 Å². The molecule has 26 heavy (non-hydrogen) atoms. The number of nitrogens with zero attached hydrogens (tertiary/aromatic N) is 2. The molecule has 1 heterocycles. The molecular weight excluding hydrogens is 359 g/mol. The van der Waals surface area contributed by atoms with Crippen LogP contribution >= 0.6 is 11.6 Å². The average molecular weight is 373 g/mol. The summed E-state index contributed by atoms with van der Waals surface area (Å²) in [5.74, 6) is -0.374. The molecule has 0 fully saturated rings. The van der Waals surface area contributed by atoms with Crippen molar-refractivity contribution in [3.05, 3.63) is 71.3 Å². The third-order valence-corrected chi connectivity index (χ3v) is 3.65. The zero-order valence-electron chi connectivity index (χ0n) is 13.7. The van der Waals surface area contributed by atoms with Crippen molar-refractivity contribution in [3.63, 3.8) is 0 Å². The minimum atomic E-state index is -0.482. The number of carbonyl (C=O) groups is 1. The molecule has 1 amide bonds. The number of amides is 1. The maximum absolute atomic E-state index is 13.7. The molecule has 1 aromatic heterocycles. The summed E-state index contributed by atoms with van der Waals surface area (Å²) in [4.78, 5) is 20.6. The van der Waals surface area contributed by atoms with E-state index in [0.717, 1.165) is 0 Å². The molecule has 2 aromatic carbocycles. The highest BCUT2D eigenvalue weighted by Gasteiger charge is 2.13. The minimum absolute atomic E-state index is 0.0980. The monoisotopic (exact) mass is 372 g/mol.